The van der Waals surface area contributed by atoms with Gasteiger partial charge in [-0.2, -0.15) is 0 Å². The van der Waals surface area contributed by atoms with Gasteiger partial charge in [0.05, 0.1) is 19.2 Å². The van der Waals surface area contributed by atoms with Gasteiger partial charge in [0.1, 0.15) is 11.7 Å². The van der Waals surface area contributed by atoms with Crippen LogP contribution in [0.15, 0.2) is 60.8 Å². The minimum Gasteiger partial charge on any atom is -0.472 e. The minimum absolute atomic E-state index is 0.133. The Hall–Kier alpha value is -4.37. The molecule has 3 aromatic rings. The Kier molecular flexibility index (Phi) is 8.02. The number of aliphatic hydroxyl groups excluding tert-OH is 1. The van der Waals surface area contributed by atoms with Gasteiger partial charge in [-0.3, -0.25) is 9.59 Å². The molecule has 40 heavy (non-hydrogen) atoms. The number of aromatic nitrogens is 1. The summed E-state index contributed by atoms with van der Waals surface area (Å²) in [6.07, 6.45) is 5.05. The van der Waals surface area contributed by atoms with Crippen LogP contribution in [-0.4, -0.2) is 77.4 Å². The molecular formula is C31H33N3O6. The van der Waals surface area contributed by atoms with Gasteiger partial charge in [-0.1, -0.05) is 49.4 Å². The first kappa shape index (κ1) is 27.2. The summed E-state index contributed by atoms with van der Waals surface area (Å²) in [6.45, 7) is 4.35. The van der Waals surface area contributed by atoms with Gasteiger partial charge in [-0.05, 0) is 42.3 Å². The lowest BCUT2D eigenvalue weighted by atomic mass is 9.99. The predicted octanol–water partition coefficient (Wildman–Crippen LogP) is 3.97. The molecule has 0 unspecified atom stereocenters. The van der Waals surface area contributed by atoms with Crippen molar-refractivity contribution in [2.24, 2.45) is 5.92 Å². The van der Waals surface area contributed by atoms with Gasteiger partial charge in [0.2, 0.25) is 12.7 Å². The van der Waals surface area contributed by atoms with E-state index in [1.807, 2.05) is 56.3 Å². The molecule has 5 rings (SSSR count). The van der Waals surface area contributed by atoms with Gasteiger partial charge in [-0.25, -0.2) is 4.98 Å². The van der Waals surface area contributed by atoms with Gasteiger partial charge < -0.3 is 29.1 Å². The molecule has 0 fully saturated rings. The van der Waals surface area contributed by atoms with Crippen LogP contribution in [0.25, 0.3) is 12.2 Å². The molecule has 208 valence electrons. The van der Waals surface area contributed by atoms with E-state index in [1.54, 1.807) is 47.3 Å². The van der Waals surface area contributed by atoms with E-state index >= 15 is 0 Å². The number of aliphatic hydroxyl groups is 1. The van der Waals surface area contributed by atoms with Crippen LogP contribution in [0.3, 0.4) is 0 Å². The number of pyridine rings is 1. The smallest absolute Gasteiger partial charge is 0.259 e. The Labute approximate surface area is 233 Å². The predicted molar refractivity (Wildman–Crippen MR) is 150 cm³/mol. The second kappa shape index (κ2) is 11.8. The van der Waals surface area contributed by atoms with Crippen LogP contribution >= 0.6 is 0 Å². The summed E-state index contributed by atoms with van der Waals surface area (Å²) >= 11 is 0. The molecular weight excluding hydrogens is 510 g/mol. The van der Waals surface area contributed by atoms with E-state index < -0.39 is 12.1 Å². The van der Waals surface area contributed by atoms with Crippen LogP contribution in [-0.2, 0) is 0 Å². The number of likely N-dealkylation sites (N-methyl/N-ethyl adjacent to an activating group) is 1. The summed E-state index contributed by atoms with van der Waals surface area (Å²) in [5, 5.41) is 9.92. The van der Waals surface area contributed by atoms with Crippen molar-refractivity contribution in [3.05, 3.63) is 83.0 Å². The molecule has 0 aliphatic carbocycles. The number of ether oxygens (including phenoxy) is 3. The highest BCUT2D eigenvalue weighted by atomic mass is 16.7. The molecule has 0 radical (unpaired) electrons. The molecule has 0 spiro atoms. The van der Waals surface area contributed by atoms with Crippen molar-refractivity contribution in [2.75, 3.05) is 33.5 Å². The van der Waals surface area contributed by atoms with Crippen LogP contribution in [0.1, 0.15) is 45.7 Å². The Morgan fingerprint density at radius 1 is 1.12 bits per heavy atom. The number of benzene rings is 2. The van der Waals surface area contributed by atoms with Crippen LogP contribution in [0.2, 0.25) is 0 Å². The molecule has 2 aliphatic rings. The zero-order chi connectivity index (χ0) is 28.2. The first-order chi connectivity index (χ1) is 19.3. The van der Waals surface area contributed by atoms with Crippen LogP contribution in [0.5, 0.6) is 17.4 Å². The maximum atomic E-state index is 13.7. The van der Waals surface area contributed by atoms with E-state index in [1.165, 1.54) is 0 Å². The molecule has 0 bridgehead atoms. The fourth-order valence-corrected chi connectivity index (χ4v) is 4.79. The van der Waals surface area contributed by atoms with Crippen LogP contribution < -0.4 is 14.2 Å². The number of hydrogen-bond donors (Lipinski definition) is 1. The maximum Gasteiger partial charge on any atom is 0.259 e. The maximum absolute atomic E-state index is 13.7. The molecule has 2 aliphatic heterocycles. The van der Waals surface area contributed by atoms with Crippen molar-refractivity contribution >= 4 is 24.0 Å². The summed E-state index contributed by atoms with van der Waals surface area (Å²) in [5.41, 5.74) is 2.56. The third kappa shape index (κ3) is 5.79. The zero-order valence-electron chi connectivity index (χ0n) is 22.8. The van der Waals surface area contributed by atoms with Gasteiger partial charge in [0.25, 0.3) is 11.8 Å². The molecule has 1 N–H and O–H groups in total. The first-order valence-corrected chi connectivity index (χ1v) is 13.3. The van der Waals surface area contributed by atoms with Gasteiger partial charge in [0.15, 0.2) is 11.5 Å². The van der Waals surface area contributed by atoms with Gasteiger partial charge in [-0.15, -0.1) is 0 Å². The zero-order valence-corrected chi connectivity index (χ0v) is 22.8. The number of nitrogens with zero attached hydrogens (tertiary/aromatic N) is 3. The number of carbonyl (C=O) groups excluding carboxylic acids is 2. The molecule has 9 nitrogen and oxygen atoms in total. The van der Waals surface area contributed by atoms with Crippen LogP contribution in [0.4, 0.5) is 0 Å². The van der Waals surface area contributed by atoms with Crippen molar-refractivity contribution in [1.29, 1.82) is 0 Å². The number of rotatable bonds is 7. The Morgan fingerprint density at radius 3 is 2.65 bits per heavy atom. The SMILES string of the molecule is C[C@@H]1CN([C@H](C)CO)C(=O)c2cc(C=Cc3ccccc3)cnc2O[C@H]1CN(C)C(=O)c1ccc2c(c1)OCO2. The summed E-state index contributed by atoms with van der Waals surface area (Å²) in [7, 11) is 1.72. The van der Waals surface area contributed by atoms with E-state index in [9.17, 15) is 14.7 Å². The van der Waals surface area contributed by atoms with E-state index in [-0.39, 0.29) is 43.6 Å². The molecule has 2 amide bonds. The summed E-state index contributed by atoms with van der Waals surface area (Å²) < 4.78 is 17.1. The summed E-state index contributed by atoms with van der Waals surface area (Å²) in [4.78, 5) is 34.7. The molecule has 9 heteroatoms. The highest BCUT2D eigenvalue weighted by Crippen LogP contribution is 2.33. The van der Waals surface area contributed by atoms with E-state index in [2.05, 4.69) is 4.98 Å². The Bertz CT molecular complexity index is 1410. The first-order valence-electron chi connectivity index (χ1n) is 13.3. The largest absolute Gasteiger partial charge is 0.472 e. The number of hydrogen-bond acceptors (Lipinski definition) is 7. The summed E-state index contributed by atoms with van der Waals surface area (Å²) in [5.74, 6) is 0.753. The quantitative estimate of drug-likeness (QED) is 0.481. The van der Waals surface area contributed by atoms with Gasteiger partial charge >= 0.3 is 0 Å². The summed E-state index contributed by atoms with van der Waals surface area (Å²) in [6, 6.07) is 16.3. The third-order valence-corrected chi connectivity index (χ3v) is 7.23. The normalized spacial score (nSPS) is 19.0. The fourth-order valence-electron chi connectivity index (χ4n) is 4.79. The highest BCUT2D eigenvalue weighted by Gasteiger charge is 2.35. The fraction of sp³-hybridized carbons (Fsp3) is 0.323. The average molecular weight is 544 g/mol. The van der Waals surface area contributed by atoms with Crippen molar-refractivity contribution in [3.63, 3.8) is 0 Å². The minimum atomic E-state index is -0.457. The lowest BCUT2D eigenvalue weighted by Crippen LogP contribution is -2.50. The van der Waals surface area contributed by atoms with Gasteiger partial charge in [0, 0.05) is 31.3 Å². The number of fused-ring (bicyclic) bond motifs is 2. The lowest BCUT2D eigenvalue weighted by Gasteiger charge is -2.37. The third-order valence-electron chi connectivity index (χ3n) is 7.23. The molecule has 0 saturated carbocycles. The molecule has 2 aromatic carbocycles. The van der Waals surface area contributed by atoms with Crippen molar-refractivity contribution < 1.29 is 28.9 Å². The Morgan fingerprint density at radius 2 is 1.88 bits per heavy atom. The molecule has 3 atom stereocenters. The van der Waals surface area contributed by atoms with Crippen molar-refractivity contribution in [1.82, 2.24) is 14.8 Å². The van der Waals surface area contributed by atoms with Crippen LogP contribution in [0, 0.1) is 5.92 Å². The standard InChI is InChI=1S/C31H33N3O6/c1-20-16-34(21(2)18-35)31(37)25-13-23(10-9-22-7-5-4-6-8-22)15-32-29(25)40-28(20)17-33(3)30(36)24-11-12-26-27(14-24)39-19-38-26/h4-15,20-21,28,35H,16-19H2,1-3H3/t20-,21-,28+/m1/s1. The van der Waals surface area contributed by atoms with Crippen molar-refractivity contribution in [3.8, 4) is 17.4 Å². The van der Waals surface area contributed by atoms with E-state index in [0.717, 1.165) is 11.1 Å². The topological polar surface area (TPSA) is 101 Å². The lowest BCUT2D eigenvalue weighted by molar-refractivity contribution is 0.0313. The second-order valence-electron chi connectivity index (χ2n) is 10.2. The van der Waals surface area contributed by atoms with E-state index in [0.29, 0.717) is 29.2 Å². The Balaban J connectivity index is 1.41. The van der Waals surface area contributed by atoms with Crippen molar-refractivity contribution in [2.45, 2.75) is 26.0 Å². The molecule has 1 aromatic heterocycles. The number of amides is 2. The molecule has 3 heterocycles. The highest BCUT2D eigenvalue weighted by molar-refractivity contribution is 5.97. The number of carbonyl (C=O) groups is 2. The average Bonchev–Trinajstić information content (AvgIpc) is 3.45. The monoisotopic (exact) mass is 543 g/mol. The second-order valence-corrected chi connectivity index (χ2v) is 10.2. The molecule has 0 saturated heterocycles. The van der Waals surface area contributed by atoms with E-state index in [4.69, 9.17) is 14.2 Å².